The van der Waals surface area contributed by atoms with Gasteiger partial charge in [0.15, 0.2) is 5.65 Å². The summed E-state index contributed by atoms with van der Waals surface area (Å²) in [7, 11) is 0. The van der Waals surface area contributed by atoms with Crippen LogP contribution in [-0.2, 0) is 22.4 Å². The molecule has 2 aromatic heterocycles. The molecule has 3 aliphatic rings. The van der Waals surface area contributed by atoms with Crippen LogP contribution >= 0.6 is 0 Å². The molecule has 0 radical (unpaired) electrons. The van der Waals surface area contributed by atoms with Gasteiger partial charge in [-0.25, -0.2) is 14.8 Å². The van der Waals surface area contributed by atoms with Crippen LogP contribution in [0.1, 0.15) is 48.6 Å². The summed E-state index contributed by atoms with van der Waals surface area (Å²) in [5, 5.41) is 3.63. The van der Waals surface area contributed by atoms with Crippen molar-refractivity contribution in [2.45, 2.75) is 58.3 Å². The number of nitrogens with zero attached hydrogens (tertiary/aromatic N) is 4. The van der Waals surface area contributed by atoms with Crippen LogP contribution in [-0.4, -0.2) is 82.4 Å². The van der Waals surface area contributed by atoms with E-state index in [1.165, 1.54) is 16.7 Å². The summed E-state index contributed by atoms with van der Waals surface area (Å²) in [5.74, 6) is 0. The molecule has 196 valence electrons. The molecule has 3 atom stereocenters. The first-order valence-corrected chi connectivity index (χ1v) is 13.5. The fraction of sp³-hybridized carbons (Fsp3) is 0.536. The van der Waals surface area contributed by atoms with Crippen LogP contribution in [0.3, 0.4) is 0 Å². The van der Waals surface area contributed by atoms with Crippen molar-refractivity contribution in [3.05, 3.63) is 46.8 Å². The average molecular weight is 505 g/mol. The van der Waals surface area contributed by atoms with E-state index in [0.29, 0.717) is 39.5 Å². The van der Waals surface area contributed by atoms with E-state index in [0.717, 1.165) is 47.4 Å². The second kappa shape index (κ2) is 10.0. The maximum absolute atomic E-state index is 13.7. The highest BCUT2D eigenvalue weighted by molar-refractivity contribution is 5.78. The van der Waals surface area contributed by atoms with E-state index in [1.807, 2.05) is 29.1 Å². The molecule has 1 aromatic carbocycles. The molecular formula is C28H36N6O3. The van der Waals surface area contributed by atoms with Gasteiger partial charge in [-0.1, -0.05) is 6.92 Å². The Labute approximate surface area is 217 Å². The Kier molecular flexibility index (Phi) is 6.60. The number of hydrogen-bond acceptors (Lipinski definition) is 6. The normalized spacial score (nSPS) is 24.4. The van der Waals surface area contributed by atoms with Crippen molar-refractivity contribution >= 4 is 17.2 Å². The minimum Gasteiger partial charge on any atom is -0.378 e. The molecule has 5 heterocycles. The number of aromatic amines is 1. The fourth-order valence-corrected chi connectivity index (χ4v) is 5.75. The van der Waals surface area contributed by atoms with Crippen LogP contribution in [0.25, 0.3) is 22.4 Å². The lowest BCUT2D eigenvalue weighted by Crippen LogP contribution is -2.55. The number of rotatable bonds is 3. The lowest BCUT2D eigenvalue weighted by atomic mass is 9.88. The van der Waals surface area contributed by atoms with Crippen LogP contribution in [0.4, 0.5) is 4.79 Å². The summed E-state index contributed by atoms with van der Waals surface area (Å²) in [6, 6.07) is 4.74. The van der Waals surface area contributed by atoms with Crippen molar-refractivity contribution in [3.8, 4) is 11.3 Å². The number of aryl methyl sites for hydroxylation is 1. The van der Waals surface area contributed by atoms with Crippen molar-refractivity contribution in [3.63, 3.8) is 0 Å². The molecule has 6 rings (SSSR count). The van der Waals surface area contributed by atoms with Gasteiger partial charge in [0.1, 0.15) is 5.52 Å². The van der Waals surface area contributed by atoms with Crippen LogP contribution in [0.15, 0.2) is 24.5 Å². The van der Waals surface area contributed by atoms with Crippen molar-refractivity contribution < 1.29 is 14.3 Å². The van der Waals surface area contributed by atoms with Crippen molar-refractivity contribution in [2.75, 3.05) is 39.5 Å². The standard InChI is InChI=1S/C28H36N6O3/c1-4-21-13-34(18(3)15-37-21)28(35)33-7-5-19-9-20(24-12-31-27-26(32-24)17(2)11-30-27)10-22(23(19)14-33)25-16-36-8-6-29-25/h9-12,18,21,25,29H,4-8,13-16H2,1-3H3,(H,30,31)/t18-,21-,25+/m1/s1. The number of carbonyl (C=O) groups excluding carboxylic acids is 1. The van der Waals surface area contributed by atoms with Gasteiger partial charge in [0.2, 0.25) is 0 Å². The molecule has 2 fully saturated rings. The molecule has 2 amide bonds. The number of amides is 2. The largest absolute Gasteiger partial charge is 0.378 e. The number of fused-ring (bicyclic) bond motifs is 2. The van der Waals surface area contributed by atoms with E-state index in [9.17, 15) is 4.79 Å². The highest BCUT2D eigenvalue weighted by Gasteiger charge is 2.34. The topological polar surface area (TPSA) is 95.6 Å². The molecule has 3 aromatic rings. The number of morpholine rings is 2. The Morgan fingerprint density at radius 2 is 2.16 bits per heavy atom. The monoisotopic (exact) mass is 504 g/mol. The number of hydrogen-bond donors (Lipinski definition) is 2. The second-order valence-corrected chi connectivity index (χ2v) is 10.5. The maximum Gasteiger partial charge on any atom is 0.320 e. The highest BCUT2D eigenvalue weighted by atomic mass is 16.5. The molecule has 0 bridgehead atoms. The van der Waals surface area contributed by atoms with Gasteiger partial charge in [0.25, 0.3) is 0 Å². The SMILES string of the molecule is CC[C@@H]1CN(C(=O)N2CCc3cc(-c4cnc5[nH]cc(C)c5n4)cc([C@@H]4COCCN4)c3C2)[C@H](C)CO1. The van der Waals surface area contributed by atoms with Gasteiger partial charge >= 0.3 is 6.03 Å². The zero-order valence-electron chi connectivity index (χ0n) is 21.9. The van der Waals surface area contributed by atoms with E-state index in [-0.39, 0.29) is 24.2 Å². The molecule has 2 N–H and O–H groups in total. The molecule has 9 heteroatoms. The third kappa shape index (κ3) is 4.60. The Morgan fingerprint density at radius 1 is 1.27 bits per heavy atom. The van der Waals surface area contributed by atoms with E-state index >= 15 is 0 Å². The molecule has 37 heavy (non-hydrogen) atoms. The second-order valence-electron chi connectivity index (χ2n) is 10.5. The average Bonchev–Trinajstić information content (AvgIpc) is 3.32. The van der Waals surface area contributed by atoms with Gasteiger partial charge < -0.3 is 29.6 Å². The number of H-pyrrole nitrogens is 1. The predicted octanol–water partition coefficient (Wildman–Crippen LogP) is 3.57. The summed E-state index contributed by atoms with van der Waals surface area (Å²) in [4.78, 5) is 30.4. The molecule has 0 saturated carbocycles. The lowest BCUT2D eigenvalue weighted by Gasteiger charge is -2.42. The van der Waals surface area contributed by atoms with Gasteiger partial charge in [-0.05, 0) is 61.1 Å². The van der Waals surface area contributed by atoms with Gasteiger partial charge in [-0.2, -0.15) is 0 Å². The molecule has 9 nitrogen and oxygen atoms in total. The van der Waals surface area contributed by atoms with Gasteiger partial charge in [0, 0.05) is 37.9 Å². The lowest BCUT2D eigenvalue weighted by molar-refractivity contribution is -0.0476. The van der Waals surface area contributed by atoms with Gasteiger partial charge in [-0.15, -0.1) is 0 Å². The van der Waals surface area contributed by atoms with Gasteiger partial charge in [0.05, 0.1) is 49.9 Å². The first-order chi connectivity index (χ1) is 18.0. The van der Waals surface area contributed by atoms with Crippen molar-refractivity contribution in [1.82, 2.24) is 30.1 Å². The predicted molar refractivity (Wildman–Crippen MR) is 141 cm³/mol. The Balaban J connectivity index is 1.34. The third-order valence-electron chi connectivity index (χ3n) is 8.02. The summed E-state index contributed by atoms with van der Waals surface area (Å²) < 4.78 is 11.7. The van der Waals surface area contributed by atoms with Crippen LogP contribution < -0.4 is 5.32 Å². The molecule has 0 unspecified atom stereocenters. The van der Waals surface area contributed by atoms with Gasteiger partial charge in [-0.3, -0.25) is 0 Å². The quantitative estimate of drug-likeness (QED) is 0.566. The zero-order chi connectivity index (χ0) is 25.5. The first-order valence-electron chi connectivity index (χ1n) is 13.5. The molecule has 0 aliphatic carbocycles. The third-order valence-corrected chi connectivity index (χ3v) is 8.02. The number of urea groups is 1. The molecule has 0 spiro atoms. The number of nitrogens with one attached hydrogen (secondary N) is 2. The molecular weight excluding hydrogens is 468 g/mol. The fourth-order valence-electron chi connectivity index (χ4n) is 5.75. The van der Waals surface area contributed by atoms with E-state index in [4.69, 9.17) is 14.5 Å². The summed E-state index contributed by atoms with van der Waals surface area (Å²) in [6.07, 6.45) is 5.62. The smallest absolute Gasteiger partial charge is 0.320 e. The van der Waals surface area contributed by atoms with E-state index in [2.05, 4.69) is 41.3 Å². The number of benzene rings is 1. The van der Waals surface area contributed by atoms with E-state index in [1.54, 1.807) is 0 Å². The Hall–Kier alpha value is -3.01. The van der Waals surface area contributed by atoms with Crippen molar-refractivity contribution in [2.24, 2.45) is 0 Å². The number of carbonyl (C=O) groups is 1. The van der Waals surface area contributed by atoms with Crippen LogP contribution in [0.5, 0.6) is 0 Å². The number of aromatic nitrogens is 3. The van der Waals surface area contributed by atoms with E-state index < -0.39 is 0 Å². The summed E-state index contributed by atoms with van der Waals surface area (Å²) in [5.41, 5.74) is 8.41. The maximum atomic E-state index is 13.7. The minimum absolute atomic E-state index is 0.0787. The molecule has 3 aliphatic heterocycles. The Morgan fingerprint density at radius 3 is 2.97 bits per heavy atom. The summed E-state index contributed by atoms with van der Waals surface area (Å²) in [6.45, 7) is 10.9. The number of ether oxygens (including phenoxy) is 2. The van der Waals surface area contributed by atoms with Crippen LogP contribution in [0.2, 0.25) is 0 Å². The van der Waals surface area contributed by atoms with Crippen LogP contribution in [0, 0.1) is 6.92 Å². The molecule has 2 saturated heterocycles. The zero-order valence-corrected chi connectivity index (χ0v) is 21.9. The summed E-state index contributed by atoms with van der Waals surface area (Å²) >= 11 is 0. The Bertz CT molecular complexity index is 1300. The first kappa shape index (κ1) is 24.3. The minimum atomic E-state index is 0.0787. The highest BCUT2D eigenvalue weighted by Crippen LogP contribution is 2.34. The van der Waals surface area contributed by atoms with Crippen molar-refractivity contribution in [1.29, 1.82) is 0 Å².